The van der Waals surface area contributed by atoms with Gasteiger partial charge in [0.05, 0.1) is 0 Å². The zero-order valence-corrected chi connectivity index (χ0v) is 7.02. The number of fused-ring (bicyclic) bond motifs is 1. The van der Waals surface area contributed by atoms with Crippen molar-refractivity contribution >= 4 is 0 Å². The number of nitrogens with zero attached hydrogens (tertiary/aromatic N) is 1. The Hall–Kier alpha value is -0.300. The molecule has 1 nitrogen and oxygen atoms in total. The van der Waals surface area contributed by atoms with Gasteiger partial charge >= 0.3 is 0 Å². The van der Waals surface area contributed by atoms with Crippen molar-refractivity contribution in [1.29, 1.82) is 0 Å². The number of hydrogen-bond acceptors (Lipinski definition) is 1. The fourth-order valence-corrected chi connectivity index (χ4v) is 2.03. The molecule has 2 heterocycles. The van der Waals surface area contributed by atoms with Crippen LogP contribution in [0.15, 0.2) is 11.6 Å². The maximum atomic E-state index is 2.57. The lowest BCUT2D eigenvalue weighted by Gasteiger charge is -2.08. The fourth-order valence-electron chi connectivity index (χ4n) is 2.03. The van der Waals surface area contributed by atoms with E-state index in [1.165, 1.54) is 13.0 Å². The third kappa shape index (κ3) is 0.671. The van der Waals surface area contributed by atoms with Crippen molar-refractivity contribution in [1.82, 2.24) is 4.90 Å². The monoisotopic (exact) mass is 137 g/mol. The molecule has 0 bridgehead atoms. The Morgan fingerprint density at radius 2 is 2.30 bits per heavy atom. The van der Waals surface area contributed by atoms with Gasteiger partial charge in [0.2, 0.25) is 0 Å². The zero-order chi connectivity index (χ0) is 7.35. The summed E-state index contributed by atoms with van der Waals surface area (Å²) < 4.78 is 0. The van der Waals surface area contributed by atoms with Crippen LogP contribution in [0.5, 0.6) is 0 Å². The Morgan fingerprint density at radius 1 is 1.60 bits per heavy atom. The van der Waals surface area contributed by atoms with Gasteiger partial charge in [-0.1, -0.05) is 11.6 Å². The lowest BCUT2D eigenvalue weighted by molar-refractivity contribution is 0.460. The average molecular weight is 137 g/mol. The zero-order valence-electron chi connectivity index (χ0n) is 7.02. The van der Waals surface area contributed by atoms with Gasteiger partial charge < -0.3 is 0 Å². The van der Waals surface area contributed by atoms with Gasteiger partial charge in [-0.2, -0.15) is 0 Å². The Morgan fingerprint density at radius 3 is 2.80 bits per heavy atom. The molecular formula is C9H15N. The van der Waals surface area contributed by atoms with Crippen LogP contribution in [0.25, 0.3) is 0 Å². The fraction of sp³-hybridized carbons (Fsp3) is 0.778. The van der Waals surface area contributed by atoms with Crippen LogP contribution in [0.3, 0.4) is 0 Å². The predicted molar refractivity (Wildman–Crippen MR) is 42.9 cm³/mol. The summed E-state index contributed by atoms with van der Waals surface area (Å²) in [5.41, 5.74) is 2.05. The maximum Gasteiger partial charge on any atom is 0.0319 e. The molecule has 1 heteroatoms. The Bertz CT molecular complexity index is 191. The summed E-state index contributed by atoms with van der Waals surface area (Å²) in [7, 11) is 0. The van der Waals surface area contributed by atoms with Crippen molar-refractivity contribution in [2.45, 2.75) is 38.8 Å². The summed E-state index contributed by atoms with van der Waals surface area (Å²) in [5, 5.41) is 0. The molecule has 0 spiro atoms. The molecule has 0 aromatic heterocycles. The molecule has 0 radical (unpaired) electrons. The molecule has 0 N–H and O–H groups in total. The molecule has 1 fully saturated rings. The second-order valence-electron chi connectivity index (χ2n) is 4.08. The Kier molecular flexibility index (Phi) is 1.06. The molecule has 0 aliphatic carbocycles. The quantitative estimate of drug-likeness (QED) is 0.363. The van der Waals surface area contributed by atoms with Gasteiger partial charge in [-0.3, -0.25) is 4.90 Å². The summed E-state index contributed by atoms with van der Waals surface area (Å²) in [6.07, 6.45) is 3.66. The highest BCUT2D eigenvalue weighted by Gasteiger charge is 2.55. The van der Waals surface area contributed by atoms with E-state index < -0.39 is 0 Å². The molecule has 0 amide bonds. The van der Waals surface area contributed by atoms with Crippen molar-refractivity contribution < 1.29 is 0 Å². The number of hydrogen-bond donors (Lipinski definition) is 0. The van der Waals surface area contributed by atoms with Crippen LogP contribution in [0.4, 0.5) is 0 Å². The molecule has 2 rings (SSSR count). The minimum Gasteiger partial charge on any atom is -0.288 e. The van der Waals surface area contributed by atoms with E-state index in [0.29, 0.717) is 5.54 Å². The largest absolute Gasteiger partial charge is 0.288 e. The minimum absolute atomic E-state index is 0.508. The summed E-state index contributed by atoms with van der Waals surface area (Å²) in [4.78, 5) is 2.57. The van der Waals surface area contributed by atoms with Gasteiger partial charge in [-0.25, -0.2) is 0 Å². The molecule has 10 heavy (non-hydrogen) atoms. The molecule has 2 atom stereocenters. The van der Waals surface area contributed by atoms with E-state index in [4.69, 9.17) is 0 Å². The van der Waals surface area contributed by atoms with Crippen molar-refractivity contribution in [2.75, 3.05) is 6.54 Å². The summed E-state index contributed by atoms with van der Waals surface area (Å²) in [5.74, 6) is 0. The Balaban J connectivity index is 2.13. The van der Waals surface area contributed by atoms with E-state index in [-0.39, 0.29) is 0 Å². The van der Waals surface area contributed by atoms with Crippen LogP contribution in [-0.4, -0.2) is 23.0 Å². The highest BCUT2D eigenvalue weighted by Crippen LogP contribution is 2.45. The summed E-state index contributed by atoms with van der Waals surface area (Å²) in [6, 6.07) is 0.858. The van der Waals surface area contributed by atoms with Gasteiger partial charge in [-0.05, 0) is 27.2 Å². The number of rotatable bonds is 0. The summed E-state index contributed by atoms with van der Waals surface area (Å²) in [6.45, 7) is 8.11. The molecule has 2 unspecified atom stereocenters. The van der Waals surface area contributed by atoms with E-state index in [9.17, 15) is 0 Å². The lowest BCUT2D eigenvalue weighted by atomic mass is 10.1. The van der Waals surface area contributed by atoms with Crippen LogP contribution in [-0.2, 0) is 0 Å². The first-order valence-corrected chi connectivity index (χ1v) is 4.05. The van der Waals surface area contributed by atoms with E-state index in [0.717, 1.165) is 6.04 Å². The highest BCUT2D eigenvalue weighted by molar-refractivity contribution is 5.23. The van der Waals surface area contributed by atoms with Crippen LogP contribution in [0, 0.1) is 0 Å². The molecule has 0 saturated carbocycles. The van der Waals surface area contributed by atoms with E-state index in [1.54, 1.807) is 5.57 Å². The molecule has 1 saturated heterocycles. The van der Waals surface area contributed by atoms with Gasteiger partial charge in [0.25, 0.3) is 0 Å². The third-order valence-corrected chi connectivity index (χ3v) is 2.97. The average Bonchev–Trinajstić information content (AvgIpc) is 2.36. The topological polar surface area (TPSA) is 3.01 Å². The van der Waals surface area contributed by atoms with E-state index in [2.05, 4.69) is 31.7 Å². The van der Waals surface area contributed by atoms with Crippen molar-refractivity contribution in [2.24, 2.45) is 0 Å². The maximum absolute atomic E-state index is 2.57. The lowest BCUT2D eigenvalue weighted by Crippen LogP contribution is -2.12. The molecule has 0 aromatic rings. The van der Waals surface area contributed by atoms with Crippen molar-refractivity contribution in [3.8, 4) is 0 Å². The van der Waals surface area contributed by atoms with Crippen LogP contribution >= 0.6 is 0 Å². The first kappa shape index (κ1) is 6.41. The molecular weight excluding hydrogens is 122 g/mol. The van der Waals surface area contributed by atoms with Crippen LogP contribution in [0.2, 0.25) is 0 Å². The standard InChI is InChI=1S/C9H15N/c1-7-4-5-8-9(2,3)10(8)6-7/h4,8H,5-6H2,1-3H3. The minimum atomic E-state index is 0.508. The first-order valence-electron chi connectivity index (χ1n) is 4.05. The van der Waals surface area contributed by atoms with Crippen LogP contribution in [0.1, 0.15) is 27.2 Å². The highest BCUT2D eigenvalue weighted by atomic mass is 15.4. The molecule has 0 aromatic carbocycles. The normalized spacial score (nSPS) is 42.1. The third-order valence-electron chi connectivity index (χ3n) is 2.97. The van der Waals surface area contributed by atoms with E-state index >= 15 is 0 Å². The first-order chi connectivity index (χ1) is 4.62. The van der Waals surface area contributed by atoms with Gasteiger partial charge in [0, 0.05) is 18.1 Å². The molecule has 56 valence electrons. The summed E-state index contributed by atoms with van der Waals surface area (Å²) >= 11 is 0. The molecule has 2 aliphatic heterocycles. The molecule has 2 aliphatic rings. The SMILES string of the molecule is CC1=CCC2N(C1)C2(C)C. The Labute approximate surface area is 62.7 Å². The van der Waals surface area contributed by atoms with Crippen molar-refractivity contribution in [3.05, 3.63) is 11.6 Å². The van der Waals surface area contributed by atoms with Gasteiger partial charge in [0.15, 0.2) is 0 Å². The second-order valence-corrected chi connectivity index (χ2v) is 4.08. The van der Waals surface area contributed by atoms with Gasteiger partial charge in [0.1, 0.15) is 0 Å². The van der Waals surface area contributed by atoms with Crippen molar-refractivity contribution in [3.63, 3.8) is 0 Å². The predicted octanol–water partition coefficient (Wildman–Crippen LogP) is 1.80. The van der Waals surface area contributed by atoms with Gasteiger partial charge in [-0.15, -0.1) is 0 Å². The van der Waals surface area contributed by atoms with E-state index in [1.807, 2.05) is 0 Å². The van der Waals surface area contributed by atoms with Crippen LogP contribution < -0.4 is 0 Å². The second kappa shape index (κ2) is 1.65. The smallest absolute Gasteiger partial charge is 0.0319 e.